The molecule has 0 bridgehead atoms. The maximum atomic E-state index is 16.4. The van der Waals surface area contributed by atoms with E-state index in [-0.39, 0.29) is 47.7 Å². The topological polar surface area (TPSA) is 134 Å². The quantitative estimate of drug-likeness (QED) is 0.437. The molecular formula is C32H44FN7O4. The van der Waals surface area contributed by atoms with Crippen molar-refractivity contribution in [3.8, 4) is 0 Å². The number of aromatic nitrogens is 2. The predicted molar refractivity (Wildman–Crippen MR) is 159 cm³/mol. The summed E-state index contributed by atoms with van der Waals surface area (Å²) in [4.78, 5) is 55.0. The molecule has 7 rings (SSSR count). The minimum atomic E-state index is -1.29. The van der Waals surface area contributed by atoms with E-state index >= 15 is 4.39 Å². The highest BCUT2D eigenvalue weighted by molar-refractivity contribution is 6.20. The van der Waals surface area contributed by atoms with Crippen LogP contribution in [-0.2, 0) is 19.1 Å². The van der Waals surface area contributed by atoms with E-state index in [1.807, 2.05) is 0 Å². The molecule has 5 heterocycles. The van der Waals surface area contributed by atoms with E-state index in [1.165, 1.54) is 0 Å². The number of fused-ring (bicyclic) bond motifs is 2. The minimum absolute atomic E-state index is 0.0327. The molecule has 1 aromatic heterocycles. The van der Waals surface area contributed by atoms with Crippen molar-refractivity contribution in [1.82, 2.24) is 30.0 Å². The Bertz CT molecular complexity index is 1300. The summed E-state index contributed by atoms with van der Waals surface area (Å²) in [6.07, 6.45) is 10.4. The number of amides is 2. The van der Waals surface area contributed by atoms with Crippen molar-refractivity contribution >= 4 is 17.6 Å². The van der Waals surface area contributed by atoms with E-state index in [2.05, 4.69) is 37.0 Å². The number of carbonyl (C=O) groups excluding carboxylic acids is 3. The lowest BCUT2D eigenvalue weighted by atomic mass is 9.68. The molecule has 10 atom stereocenters. The van der Waals surface area contributed by atoms with Crippen LogP contribution in [-0.4, -0.2) is 118 Å². The Balaban J connectivity index is 1.15. The molecule has 4 aliphatic heterocycles. The standard InChI is InChI=1S/C32H44FN7O4/c1-38-11-2-3-20(38)6-8-37-32(43)22-17-40-25-13-18(31(34)42)4-5-26(25)44-30-27(40)21(29(22)41)14-23(33)28(30)39-12-7-19(16-39)24-15-35-9-10-36-24/h9-10,15,17-21,23,25-28,30H,2-8,11-14,16H2,1H3,(H2,34,42)(H,37,43). The number of nitrogens with zero attached hydrogens (tertiary/aromatic N) is 5. The summed E-state index contributed by atoms with van der Waals surface area (Å²) in [6.45, 7) is 2.88. The van der Waals surface area contributed by atoms with Crippen LogP contribution in [0.2, 0.25) is 0 Å². The van der Waals surface area contributed by atoms with Gasteiger partial charge >= 0.3 is 0 Å². The monoisotopic (exact) mass is 609 g/mol. The first kappa shape index (κ1) is 29.7. The first-order valence-electron chi connectivity index (χ1n) is 16.4. The Morgan fingerprint density at radius 1 is 1.14 bits per heavy atom. The number of halogens is 1. The Morgan fingerprint density at radius 2 is 2.00 bits per heavy atom. The van der Waals surface area contributed by atoms with Crippen LogP contribution in [0.1, 0.15) is 63.0 Å². The van der Waals surface area contributed by atoms with E-state index in [0.717, 1.165) is 37.9 Å². The number of nitrogens with two attached hydrogens (primary N) is 1. The zero-order valence-corrected chi connectivity index (χ0v) is 25.4. The van der Waals surface area contributed by atoms with Crippen molar-refractivity contribution in [2.45, 2.75) is 99.8 Å². The Morgan fingerprint density at radius 3 is 2.75 bits per heavy atom. The second-order valence-corrected chi connectivity index (χ2v) is 13.7. The average molecular weight is 610 g/mol. The van der Waals surface area contributed by atoms with Crippen LogP contribution < -0.4 is 11.1 Å². The van der Waals surface area contributed by atoms with Crippen molar-refractivity contribution in [2.75, 3.05) is 33.2 Å². The summed E-state index contributed by atoms with van der Waals surface area (Å²) >= 11 is 0. The molecule has 1 aromatic rings. The SMILES string of the molecule is CN1CCCC1CCNC(=O)C1=CN2C3CC(C(N)=O)CCC3OC3C(N4CCC(c5cnccn5)C4)C(F)CC(C1=O)C32. The number of primary amides is 1. The molecule has 0 radical (unpaired) electrons. The maximum absolute atomic E-state index is 16.4. The van der Waals surface area contributed by atoms with Gasteiger partial charge in [0.2, 0.25) is 5.91 Å². The fourth-order valence-corrected chi connectivity index (χ4v) is 9.05. The van der Waals surface area contributed by atoms with Gasteiger partial charge in [0.1, 0.15) is 6.17 Å². The van der Waals surface area contributed by atoms with Crippen molar-refractivity contribution in [1.29, 1.82) is 0 Å². The number of nitrogens with one attached hydrogen (secondary N) is 1. The Hall–Kier alpha value is -2.96. The highest BCUT2D eigenvalue weighted by Gasteiger charge is 2.60. The first-order valence-corrected chi connectivity index (χ1v) is 16.4. The lowest BCUT2D eigenvalue weighted by molar-refractivity contribution is -0.213. The normalized spacial score (nSPS) is 39.0. The summed E-state index contributed by atoms with van der Waals surface area (Å²) in [7, 11) is 2.10. The predicted octanol–water partition coefficient (Wildman–Crippen LogP) is 1.15. The number of carbonyl (C=O) groups is 3. The van der Waals surface area contributed by atoms with Gasteiger partial charge in [0, 0.05) is 61.7 Å². The van der Waals surface area contributed by atoms with Gasteiger partial charge in [0.05, 0.1) is 41.6 Å². The molecule has 11 nitrogen and oxygen atoms in total. The lowest BCUT2D eigenvalue weighted by Gasteiger charge is -2.60. The van der Waals surface area contributed by atoms with Crippen molar-refractivity contribution in [2.24, 2.45) is 17.6 Å². The number of likely N-dealkylation sites (tertiary alicyclic amines) is 2. The third-order valence-electron chi connectivity index (χ3n) is 11.4. The fourth-order valence-electron chi connectivity index (χ4n) is 9.05. The third kappa shape index (κ3) is 5.32. The number of hydrogen-bond acceptors (Lipinski definition) is 9. The van der Waals surface area contributed by atoms with Gasteiger partial charge in [-0.25, -0.2) is 4.39 Å². The van der Waals surface area contributed by atoms with Gasteiger partial charge in [-0.3, -0.25) is 29.3 Å². The van der Waals surface area contributed by atoms with E-state index < -0.39 is 36.2 Å². The molecule has 3 N–H and O–H groups in total. The summed E-state index contributed by atoms with van der Waals surface area (Å²) in [5, 5.41) is 2.98. The van der Waals surface area contributed by atoms with E-state index in [4.69, 9.17) is 10.5 Å². The number of ketones is 1. The molecule has 0 aromatic carbocycles. The van der Waals surface area contributed by atoms with E-state index in [1.54, 1.807) is 24.8 Å². The number of alkyl halides is 1. The molecule has 2 aliphatic carbocycles. The number of ether oxygens (including phenoxy) is 1. The molecule has 44 heavy (non-hydrogen) atoms. The largest absolute Gasteiger partial charge is 0.369 e. The Labute approximate surface area is 257 Å². The van der Waals surface area contributed by atoms with Gasteiger partial charge in [0.15, 0.2) is 5.78 Å². The van der Waals surface area contributed by atoms with Gasteiger partial charge in [0.25, 0.3) is 5.91 Å². The van der Waals surface area contributed by atoms with Gasteiger partial charge in [-0.1, -0.05) is 0 Å². The smallest absolute Gasteiger partial charge is 0.256 e. The molecule has 10 unspecified atom stereocenters. The van der Waals surface area contributed by atoms with Crippen molar-refractivity contribution in [3.63, 3.8) is 0 Å². The number of morpholine rings is 1. The third-order valence-corrected chi connectivity index (χ3v) is 11.4. The lowest BCUT2D eigenvalue weighted by Crippen LogP contribution is -2.73. The van der Waals surface area contributed by atoms with Gasteiger partial charge in [-0.05, 0) is 71.5 Å². The second-order valence-electron chi connectivity index (χ2n) is 13.7. The summed E-state index contributed by atoms with van der Waals surface area (Å²) in [6, 6.07) is -0.719. The number of hydrogen-bond donors (Lipinski definition) is 2. The molecule has 6 aliphatic rings. The zero-order chi connectivity index (χ0) is 30.5. The van der Waals surface area contributed by atoms with Gasteiger partial charge < -0.3 is 25.6 Å². The first-order chi connectivity index (χ1) is 21.3. The van der Waals surface area contributed by atoms with Crippen molar-refractivity contribution < 1.29 is 23.5 Å². The van der Waals surface area contributed by atoms with Crippen LogP contribution in [0.3, 0.4) is 0 Å². The van der Waals surface area contributed by atoms with E-state index in [0.29, 0.717) is 44.9 Å². The van der Waals surface area contributed by atoms with Crippen molar-refractivity contribution in [3.05, 3.63) is 36.1 Å². The highest BCUT2D eigenvalue weighted by atomic mass is 19.1. The van der Waals surface area contributed by atoms with E-state index in [9.17, 15) is 14.4 Å². The van der Waals surface area contributed by atoms with Gasteiger partial charge in [-0.15, -0.1) is 0 Å². The summed E-state index contributed by atoms with van der Waals surface area (Å²) < 4.78 is 23.2. The van der Waals surface area contributed by atoms with Crippen LogP contribution in [0.25, 0.3) is 0 Å². The molecule has 5 fully saturated rings. The van der Waals surface area contributed by atoms with Crippen LogP contribution in [0.4, 0.5) is 4.39 Å². The molecule has 12 heteroatoms. The Kier molecular flexibility index (Phi) is 8.17. The number of Topliss-reactive ketones (excluding diaryl/α,β-unsaturated/α-hetero) is 1. The molecule has 2 amide bonds. The maximum Gasteiger partial charge on any atom is 0.256 e. The highest BCUT2D eigenvalue weighted by Crippen LogP contribution is 2.48. The number of rotatable bonds is 7. The molecule has 238 valence electrons. The average Bonchev–Trinajstić information content (AvgIpc) is 3.67. The minimum Gasteiger partial charge on any atom is -0.369 e. The molecule has 0 spiro atoms. The zero-order valence-electron chi connectivity index (χ0n) is 25.4. The molecular weight excluding hydrogens is 565 g/mol. The molecule has 3 saturated heterocycles. The van der Waals surface area contributed by atoms with Crippen LogP contribution in [0, 0.1) is 11.8 Å². The fraction of sp³-hybridized carbons (Fsp3) is 0.719. The summed E-state index contributed by atoms with van der Waals surface area (Å²) in [5.41, 5.74) is 6.73. The van der Waals surface area contributed by atoms with Gasteiger partial charge in [-0.2, -0.15) is 0 Å². The molecule has 2 saturated carbocycles. The van der Waals surface area contributed by atoms with Crippen LogP contribution in [0.15, 0.2) is 30.4 Å². The summed E-state index contributed by atoms with van der Waals surface area (Å²) in [5.74, 6) is -1.91. The van der Waals surface area contributed by atoms with Crippen LogP contribution >= 0.6 is 0 Å². The van der Waals surface area contributed by atoms with Crippen LogP contribution in [0.5, 0.6) is 0 Å². The second kappa shape index (κ2) is 12.1.